The van der Waals surface area contributed by atoms with Gasteiger partial charge in [0.05, 0.1) is 6.20 Å². The molecule has 0 radical (unpaired) electrons. The van der Waals surface area contributed by atoms with E-state index in [1.54, 1.807) is 0 Å². The van der Waals surface area contributed by atoms with Crippen LogP contribution in [0.5, 0.6) is 11.5 Å². The second-order valence-corrected chi connectivity index (χ2v) is 2.32. The third-order valence-corrected chi connectivity index (χ3v) is 1.30. The van der Waals surface area contributed by atoms with E-state index in [9.17, 15) is 13.2 Å². The van der Waals surface area contributed by atoms with Crippen LogP contribution < -0.4 is 16.2 Å². The Morgan fingerprint density at radius 1 is 1.36 bits per heavy atom. The number of hydrogen-bond donors (Lipinski definition) is 3. The Balaban J connectivity index is 3.13. The molecule has 0 bridgehead atoms. The number of aromatic hydroxyl groups is 1. The van der Waals surface area contributed by atoms with E-state index in [4.69, 9.17) is 16.6 Å². The van der Waals surface area contributed by atoms with Crippen LogP contribution in [0, 0.1) is 0 Å². The number of pyridine rings is 1. The van der Waals surface area contributed by atoms with Crippen molar-refractivity contribution >= 4 is 11.5 Å². The number of hydrogen-bond acceptors (Lipinski definition) is 5. The molecule has 78 valence electrons. The molecule has 0 fully saturated rings. The van der Waals surface area contributed by atoms with Gasteiger partial charge in [-0.3, -0.25) is 0 Å². The highest BCUT2D eigenvalue weighted by molar-refractivity contribution is 5.69. The topological polar surface area (TPSA) is 94.4 Å². The van der Waals surface area contributed by atoms with Gasteiger partial charge in [0.15, 0.2) is 17.3 Å². The molecule has 1 heterocycles. The third kappa shape index (κ3) is 2.09. The number of alkyl halides is 3. The van der Waals surface area contributed by atoms with Crippen molar-refractivity contribution in [1.82, 2.24) is 4.98 Å². The van der Waals surface area contributed by atoms with Gasteiger partial charge in [-0.15, -0.1) is 13.2 Å². The fraction of sp³-hybridized carbons (Fsp3) is 0.167. The number of rotatable bonds is 1. The van der Waals surface area contributed by atoms with Crippen molar-refractivity contribution in [2.75, 3.05) is 11.5 Å². The molecule has 5 N–H and O–H groups in total. The van der Waals surface area contributed by atoms with Crippen molar-refractivity contribution in [3.05, 3.63) is 6.20 Å². The molecule has 0 aliphatic carbocycles. The lowest BCUT2D eigenvalue weighted by atomic mass is 10.3. The van der Waals surface area contributed by atoms with Crippen LogP contribution in [-0.2, 0) is 0 Å². The quantitative estimate of drug-likeness (QED) is 0.637. The largest absolute Gasteiger partial charge is 0.573 e. The zero-order chi connectivity index (χ0) is 10.9. The summed E-state index contributed by atoms with van der Waals surface area (Å²) < 4.78 is 38.8. The highest BCUT2D eigenvalue weighted by atomic mass is 19.4. The summed E-state index contributed by atoms with van der Waals surface area (Å²) in [5.74, 6) is -2.06. The Morgan fingerprint density at radius 2 is 1.93 bits per heavy atom. The summed E-state index contributed by atoms with van der Waals surface area (Å²) >= 11 is 0. The van der Waals surface area contributed by atoms with Crippen LogP contribution in [0.4, 0.5) is 24.7 Å². The molecule has 0 amide bonds. The predicted molar refractivity (Wildman–Crippen MR) is 41.4 cm³/mol. The van der Waals surface area contributed by atoms with Gasteiger partial charge < -0.3 is 21.3 Å². The molecule has 8 heteroatoms. The van der Waals surface area contributed by atoms with Crippen molar-refractivity contribution in [3.8, 4) is 11.5 Å². The van der Waals surface area contributed by atoms with Gasteiger partial charge in [0.25, 0.3) is 0 Å². The van der Waals surface area contributed by atoms with Crippen LogP contribution in [-0.4, -0.2) is 16.5 Å². The predicted octanol–water partition coefficient (Wildman–Crippen LogP) is 0.850. The Morgan fingerprint density at radius 3 is 2.43 bits per heavy atom. The van der Waals surface area contributed by atoms with Crippen LogP contribution in [0.15, 0.2) is 6.20 Å². The van der Waals surface area contributed by atoms with Gasteiger partial charge in [-0.25, -0.2) is 4.98 Å². The molecule has 0 saturated carbocycles. The molecule has 1 aromatic heterocycles. The van der Waals surface area contributed by atoms with Gasteiger partial charge >= 0.3 is 6.36 Å². The molecular weight excluding hydrogens is 203 g/mol. The maximum Gasteiger partial charge on any atom is 0.573 e. The van der Waals surface area contributed by atoms with Crippen molar-refractivity contribution in [3.63, 3.8) is 0 Å². The van der Waals surface area contributed by atoms with Crippen molar-refractivity contribution in [2.24, 2.45) is 0 Å². The minimum Gasteiger partial charge on any atom is -0.504 e. The summed E-state index contributed by atoms with van der Waals surface area (Å²) in [7, 11) is 0. The number of nitrogen functional groups attached to an aromatic ring is 2. The van der Waals surface area contributed by atoms with E-state index < -0.39 is 29.4 Å². The zero-order valence-electron chi connectivity index (χ0n) is 6.67. The number of anilines is 2. The summed E-state index contributed by atoms with van der Waals surface area (Å²) in [5, 5.41) is 8.93. The summed E-state index contributed by atoms with van der Waals surface area (Å²) in [6.45, 7) is 0. The normalized spacial score (nSPS) is 11.4. The lowest BCUT2D eigenvalue weighted by molar-refractivity contribution is -0.274. The smallest absolute Gasteiger partial charge is 0.504 e. The van der Waals surface area contributed by atoms with E-state index in [1.807, 2.05) is 0 Å². The first kappa shape index (κ1) is 10.2. The number of nitrogens with two attached hydrogens (primary N) is 2. The molecule has 1 rings (SSSR count). The molecule has 0 atom stereocenters. The highest BCUT2D eigenvalue weighted by Gasteiger charge is 2.33. The van der Waals surface area contributed by atoms with Gasteiger partial charge in [0.2, 0.25) is 0 Å². The fourth-order valence-electron chi connectivity index (χ4n) is 0.736. The molecular formula is C6H6F3N3O2. The first-order chi connectivity index (χ1) is 6.31. The SMILES string of the molecule is Nc1ncc(O)c(N)c1OC(F)(F)F. The standard InChI is InChI=1S/C6H6F3N3O2/c7-6(8,9)14-4-3(10)2(13)1-12-5(4)11/h1,13H,(H4,10,11,12). The number of nitrogens with zero attached hydrogens (tertiary/aromatic N) is 1. The second-order valence-electron chi connectivity index (χ2n) is 2.32. The molecule has 0 saturated heterocycles. The fourth-order valence-corrected chi connectivity index (χ4v) is 0.736. The van der Waals surface area contributed by atoms with Gasteiger partial charge in [-0.1, -0.05) is 0 Å². The number of halogens is 3. The van der Waals surface area contributed by atoms with Crippen molar-refractivity contribution in [1.29, 1.82) is 0 Å². The van der Waals surface area contributed by atoms with Crippen LogP contribution in [0.25, 0.3) is 0 Å². The van der Waals surface area contributed by atoms with Gasteiger partial charge in [-0.2, -0.15) is 0 Å². The van der Waals surface area contributed by atoms with E-state index in [1.165, 1.54) is 0 Å². The zero-order valence-corrected chi connectivity index (χ0v) is 6.67. The van der Waals surface area contributed by atoms with Crippen LogP contribution in [0.2, 0.25) is 0 Å². The van der Waals surface area contributed by atoms with Gasteiger partial charge in [0.1, 0.15) is 5.69 Å². The molecule has 5 nitrogen and oxygen atoms in total. The highest BCUT2D eigenvalue weighted by Crippen LogP contribution is 2.37. The molecule has 14 heavy (non-hydrogen) atoms. The average molecular weight is 209 g/mol. The average Bonchev–Trinajstić information content (AvgIpc) is 2.04. The minimum atomic E-state index is -4.93. The summed E-state index contributed by atoms with van der Waals surface area (Å²) in [6, 6.07) is 0. The number of ether oxygens (including phenoxy) is 1. The molecule has 0 aliphatic rings. The van der Waals surface area contributed by atoms with Crippen LogP contribution in [0.3, 0.4) is 0 Å². The second kappa shape index (κ2) is 3.13. The summed E-state index contributed by atoms with van der Waals surface area (Å²) in [6.07, 6.45) is -4.11. The van der Waals surface area contributed by atoms with Gasteiger partial charge in [0, 0.05) is 0 Å². The van der Waals surface area contributed by atoms with Gasteiger partial charge in [-0.05, 0) is 0 Å². The Kier molecular flexibility index (Phi) is 2.28. The first-order valence-electron chi connectivity index (χ1n) is 3.30. The minimum absolute atomic E-state index is 0.544. The lowest BCUT2D eigenvalue weighted by Crippen LogP contribution is -2.19. The molecule has 0 unspecified atom stereocenters. The van der Waals surface area contributed by atoms with Crippen molar-refractivity contribution in [2.45, 2.75) is 6.36 Å². The maximum atomic E-state index is 11.8. The van der Waals surface area contributed by atoms with E-state index in [0.29, 0.717) is 0 Å². The van der Waals surface area contributed by atoms with Crippen molar-refractivity contribution < 1.29 is 23.0 Å². The van der Waals surface area contributed by atoms with E-state index in [-0.39, 0.29) is 0 Å². The summed E-state index contributed by atoms with van der Waals surface area (Å²) in [4.78, 5) is 3.25. The molecule has 0 spiro atoms. The Hall–Kier alpha value is -1.86. The van der Waals surface area contributed by atoms with E-state index in [2.05, 4.69) is 9.72 Å². The maximum absolute atomic E-state index is 11.8. The number of aromatic nitrogens is 1. The monoisotopic (exact) mass is 209 g/mol. The first-order valence-corrected chi connectivity index (χ1v) is 3.30. The van der Waals surface area contributed by atoms with E-state index in [0.717, 1.165) is 6.20 Å². The summed E-state index contributed by atoms with van der Waals surface area (Å²) in [5.41, 5.74) is 9.56. The van der Waals surface area contributed by atoms with Crippen LogP contribution in [0.1, 0.15) is 0 Å². The Labute approximate surface area is 76.1 Å². The molecule has 0 aromatic carbocycles. The van der Waals surface area contributed by atoms with Crippen LogP contribution >= 0.6 is 0 Å². The molecule has 1 aromatic rings. The Bertz CT molecular complexity index is 353. The third-order valence-electron chi connectivity index (χ3n) is 1.30. The lowest BCUT2D eigenvalue weighted by Gasteiger charge is -2.12. The molecule has 0 aliphatic heterocycles. The van der Waals surface area contributed by atoms with E-state index >= 15 is 0 Å².